The van der Waals surface area contributed by atoms with E-state index in [-0.39, 0.29) is 10.5 Å². The molecule has 0 N–H and O–H groups in total. The van der Waals surface area contributed by atoms with E-state index in [0.717, 1.165) is 36.9 Å². The van der Waals surface area contributed by atoms with Crippen molar-refractivity contribution in [3.05, 3.63) is 23.3 Å². The van der Waals surface area contributed by atoms with Gasteiger partial charge in [0, 0.05) is 26.0 Å². The van der Waals surface area contributed by atoms with E-state index >= 15 is 0 Å². The number of thioether (sulfide) groups is 4. The van der Waals surface area contributed by atoms with Crippen molar-refractivity contribution in [2.45, 2.75) is 49.4 Å². The second-order valence-corrected chi connectivity index (χ2v) is 10.8. The first-order chi connectivity index (χ1) is 10.8. The maximum atomic E-state index is 11.1. The molecule has 0 saturated carbocycles. The van der Waals surface area contributed by atoms with Gasteiger partial charge >= 0.3 is 0 Å². The zero-order chi connectivity index (χ0) is 15.1. The molecular weight excluding hydrogens is 352 g/mol. The summed E-state index contributed by atoms with van der Waals surface area (Å²) in [6, 6.07) is 4.71. The highest BCUT2D eigenvalue weighted by Gasteiger charge is 2.42. The number of carbonyl (C=O) groups excluding carboxylic acids is 2. The van der Waals surface area contributed by atoms with E-state index in [2.05, 4.69) is 12.1 Å². The second-order valence-electron chi connectivity index (χ2n) is 5.74. The van der Waals surface area contributed by atoms with Gasteiger partial charge < -0.3 is 9.59 Å². The Bertz CT molecular complexity index is 612. The molecule has 0 aromatic heterocycles. The van der Waals surface area contributed by atoms with Gasteiger partial charge in [-0.1, -0.05) is 0 Å². The van der Waals surface area contributed by atoms with Crippen molar-refractivity contribution in [1.82, 2.24) is 0 Å². The Kier molecular flexibility index (Phi) is 4.55. The molecule has 3 aliphatic heterocycles. The largest absolute Gasteiger partial charge is 0.302 e. The maximum absolute atomic E-state index is 11.1. The Hall–Kier alpha value is -0.0400. The monoisotopic (exact) mass is 368 g/mol. The lowest BCUT2D eigenvalue weighted by Crippen LogP contribution is -2.09. The average Bonchev–Trinajstić information content (AvgIpc) is 3.04. The Morgan fingerprint density at radius 2 is 1.95 bits per heavy atom. The molecule has 2 nitrogen and oxygen atoms in total. The molecule has 22 heavy (non-hydrogen) atoms. The quantitative estimate of drug-likeness (QED) is 0.728. The van der Waals surface area contributed by atoms with Crippen molar-refractivity contribution in [3.8, 4) is 0 Å². The van der Waals surface area contributed by atoms with Crippen LogP contribution in [-0.2, 0) is 15.3 Å². The van der Waals surface area contributed by atoms with Crippen LogP contribution in [0.15, 0.2) is 21.9 Å². The van der Waals surface area contributed by atoms with Crippen LogP contribution in [0.3, 0.4) is 0 Å². The molecule has 3 heterocycles. The number of fused-ring (bicyclic) bond motifs is 4. The molecule has 1 fully saturated rings. The molecule has 4 atom stereocenters. The molecule has 6 heteroatoms. The Labute approximate surface area is 147 Å². The molecule has 0 radical (unpaired) electrons. The van der Waals surface area contributed by atoms with Crippen molar-refractivity contribution in [3.63, 3.8) is 0 Å². The minimum absolute atomic E-state index is 0.143. The van der Waals surface area contributed by atoms with E-state index in [0.29, 0.717) is 10.5 Å². The lowest BCUT2D eigenvalue weighted by molar-refractivity contribution is -0.108. The minimum Gasteiger partial charge on any atom is -0.302 e. The van der Waals surface area contributed by atoms with E-state index in [1.54, 1.807) is 11.8 Å². The van der Waals surface area contributed by atoms with Gasteiger partial charge in [-0.2, -0.15) is 0 Å². The van der Waals surface area contributed by atoms with Gasteiger partial charge in [-0.3, -0.25) is 0 Å². The first kappa shape index (κ1) is 15.5. The number of aldehydes is 2. The van der Waals surface area contributed by atoms with Crippen LogP contribution in [0.2, 0.25) is 0 Å². The van der Waals surface area contributed by atoms with Gasteiger partial charge in [0.25, 0.3) is 0 Å². The molecule has 116 valence electrons. The Balaban J connectivity index is 1.63. The molecule has 1 aromatic rings. The van der Waals surface area contributed by atoms with E-state index < -0.39 is 0 Å². The summed E-state index contributed by atoms with van der Waals surface area (Å²) in [6.07, 6.45) is 4.16. The van der Waals surface area contributed by atoms with Gasteiger partial charge in [-0.05, 0) is 41.9 Å². The molecule has 0 bridgehead atoms. The fourth-order valence-electron chi connectivity index (χ4n) is 3.18. The summed E-state index contributed by atoms with van der Waals surface area (Å²) in [5.74, 6) is 1.94. The summed E-state index contributed by atoms with van der Waals surface area (Å²) in [4.78, 5) is 24.9. The van der Waals surface area contributed by atoms with Gasteiger partial charge in [0.1, 0.15) is 12.6 Å². The normalized spacial score (nSPS) is 33.3. The number of rotatable bonds is 2. The Morgan fingerprint density at radius 3 is 2.77 bits per heavy atom. The highest BCUT2D eigenvalue weighted by Crippen LogP contribution is 2.59. The molecule has 0 aliphatic carbocycles. The molecule has 4 rings (SSSR count). The van der Waals surface area contributed by atoms with E-state index in [1.165, 1.54) is 20.9 Å². The molecular formula is C16H16O2S4. The molecule has 0 amide bonds. The average molecular weight is 369 g/mol. The van der Waals surface area contributed by atoms with Crippen LogP contribution in [0.1, 0.15) is 29.2 Å². The maximum Gasteiger partial charge on any atom is 0.133 e. The molecule has 3 unspecified atom stereocenters. The van der Waals surface area contributed by atoms with Gasteiger partial charge in [-0.25, -0.2) is 0 Å². The fourth-order valence-corrected chi connectivity index (χ4v) is 8.91. The summed E-state index contributed by atoms with van der Waals surface area (Å²) in [6.45, 7) is 0. The summed E-state index contributed by atoms with van der Waals surface area (Å²) < 4.78 is 0. The van der Waals surface area contributed by atoms with Crippen LogP contribution in [0.4, 0.5) is 0 Å². The molecule has 3 aliphatic rings. The second kappa shape index (κ2) is 6.46. The van der Waals surface area contributed by atoms with Crippen molar-refractivity contribution < 1.29 is 9.59 Å². The number of benzene rings is 1. The third-order valence-electron chi connectivity index (χ3n) is 4.32. The summed E-state index contributed by atoms with van der Waals surface area (Å²) in [7, 11) is 0. The predicted molar refractivity (Wildman–Crippen MR) is 97.4 cm³/mol. The van der Waals surface area contributed by atoms with Gasteiger partial charge in [0.2, 0.25) is 0 Å². The number of hydrogen-bond donors (Lipinski definition) is 0. The lowest BCUT2D eigenvalue weighted by Gasteiger charge is -2.19. The standard InChI is InChI=1S/C16H16O2S4/c17-6-10-1-2-19-13-5-12-14(3-9(13)8-20-10)22-15-4-11(7-18)21-16(12)15/h3,5-7,10-11,15-16H,1-2,4,8H2/t10?,11-,15?,16?/m1/s1. The predicted octanol–water partition coefficient (Wildman–Crippen LogP) is 4.20. The number of carbonyl (C=O) groups is 2. The van der Waals surface area contributed by atoms with Gasteiger partial charge in [-0.15, -0.1) is 47.0 Å². The first-order valence-electron chi connectivity index (χ1n) is 7.42. The smallest absolute Gasteiger partial charge is 0.133 e. The van der Waals surface area contributed by atoms with Crippen LogP contribution in [0, 0.1) is 0 Å². The molecule has 0 spiro atoms. The van der Waals surface area contributed by atoms with E-state index in [9.17, 15) is 9.59 Å². The van der Waals surface area contributed by atoms with E-state index in [1.807, 2.05) is 35.3 Å². The van der Waals surface area contributed by atoms with Crippen molar-refractivity contribution in [2.24, 2.45) is 0 Å². The van der Waals surface area contributed by atoms with Crippen LogP contribution < -0.4 is 0 Å². The van der Waals surface area contributed by atoms with Gasteiger partial charge in [0.15, 0.2) is 0 Å². The molecule has 1 saturated heterocycles. The Morgan fingerprint density at radius 1 is 1.09 bits per heavy atom. The summed E-state index contributed by atoms with van der Waals surface area (Å²) in [5, 5.41) is 1.37. The first-order valence-corrected chi connectivity index (χ1v) is 11.3. The summed E-state index contributed by atoms with van der Waals surface area (Å²) >= 11 is 7.44. The zero-order valence-corrected chi connectivity index (χ0v) is 15.2. The van der Waals surface area contributed by atoms with Crippen LogP contribution in [0.5, 0.6) is 0 Å². The third-order valence-corrected chi connectivity index (χ3v) is 9.78. The van der Waals surface area contributed by atoms with Crippen LogP contribution in [0.25, 0.3) is 0 Å². The molecule has 1 aromatic carbocycles. The number of hydrogen-bond acceptors (Lipinski definition) is 6. The lowest BCUT2D eigenvalue weighted by atomic mass is 10.1. The summed E-state index contributed by atoms with van der Waals surface area (Å²) in [5.41, 5.74) is 2.82. The highest BCUT2D eigenvalue weighted by atomic mass is 32.2. The van der Waals surface area contributed by atoms with Crippen molar-refractivity contribution >= 4 is 59.6 Å². The topological polar surface area (TPSA) is 34.1 Å². The SMILES string of the molecule is O=CC1CCSc2cc3c(cc2CS1)SC1C[C@H](C=O)SC31. The minimum atomic E-state index is 0.143. The third kappa shape index (κ3) is 2.76. The van der Waals surface area contributed by atoms with Crippen LogP contribution in [-0.4, -0.2) is 34.1 Å². The zero-order valence-electron chi connectivity index (χ0n) is 11.9. The van der Waals surface area contributed by atoms with Crippen molar-refractivity contribution in [2.75, 3.05) is 5.75 Å². The fraction of sp³-hybridized carbons (Fsp3) is 0.500. The van der Waals surface area contributed by atoms with Crippen LogP contribution >= 0.6 is 47.0 Å². The van der Waals surface area contributed by atoms with E-state index in [4.69, 9.17) is 0 Å². The highest BCUT2D eigenvalue weighted by molar-refractivity contribution is 8.05. The van der Waals surface area contributed by atoms with Crippen molar-refractivity contribution in [1.29, 1.82) is 0 Å². The van der Waals surface area contributed by atoms with Gasteiger partial charge in [0.05, 0.1) is 10.5 Å².